The third-order valence-electron chi connectivity index (χ3n) is 3.49. The maximum atomic E-state index is 11.2. The Morgan fingerprint density at radius 1 is 1.33 bits per heavy atom. The second kappa shape index (κ2) is 6.93. The zero-order valence-corrected chi connectivity index (χ0v) is 13.5. The van der Waals surface area contributed by atoms with Crippen molar-refractivity contribution in [3.05, 3.63) is 35.4 Å². The van der Waals surface area contributed by atoms with E-state index >= 15 is 0 Å². The molecule has 21 heavy (non-hydrogen) atoms. The lowest BCUT2D eigenvalue weighted by Crippen LogP contribution is -2.44. The number of sulfone groups is 1. The molecular formula is C15H23N3O2S. The maximum absolute atomic E-state index is 11.2. The molecule has 1 aliphatic heterocycles. The minimum Gasteiger partial charge on any atom is -0.357 e. The number of guanidine groups is 1. The summed E-state index contributed by atoms with van der Waals surface area (Å²) in [6.07, 6.45) is 2.24. The highest BCUT2D eigenvalue weighted by Gasteiger charge is 2.18. The summed E-state index contributed by atoms with van der Waals surface area (Å²) in [5, 5.41) is 3.25. The first-order chi connectivity index (χ1) is 9.99. The second-order valence-corrected chi connectivity index (χ2v) is 7.57. The van der Waals surface area contributed by atoms with Crippen molar-refractivity contribution in [2.45, 2.75) is 19.9 Å². The van der Waals surface area contributed by atoms with Crippen LogP contribution >= 0.6 is 0 Å². The molecular weight excluding hydrogens is 286 g/mol. The maximum Gasteiger partial charge on any atom is 0.194 e. The molecule has 1 aromatic carbocycles. The van der Waals surface area contributed by atoms with E-state index in [-0.39, 0.29) is 5.75 Å². The standard InChI is InChI=1S/C15H23N3O2S/c1-3-16-15(17-9-11-21(2,19)20)18-10-8-13-6-4-5-7-14(13)12-18/h4-7H,3,8-12H2,1-2H3,(H,16,17). The van der Waals surface area contributed by atoms with Crippen LogP contribution in [0.3, 0.4) is 0 Å². The van der Waals surface area contributed by atoms with E-state index in [2.05, 4.69) is 39.5 Å². The average molecular weight is 309 g/mol. The highest BCUT2D eigenvalue weighted by atomic mass is 32.2. The smallest absolute Gasteiger partial charge is 0.194 e. The van der Waals surface area contributed by atoms with Gasteiger partial charge in [-0.15, -0.1) is 0 Å². The highest BCUT2D eigenvalue weighted by molar-refractivity contribution is 7.90. The number of rotatable bonds is 4. The van der Waals surface area contributed by atoms with Gasteiger partial charge in [-0.05, 0) is 24.5 Å². The van der Waals surface area contributed by atoms with Crippen molar-refractivity contribution < 1.29 is 8.42 Å². The van der Waals surface area contributed by atoms with Crippen LogP contribution in [0.1, 0.15) is 18.1 Å². The van der Waals surface area contributed by atoms with Crippen LogP contribution in [0.25, 0.3) is 0 Å². The Morgan fingerprint density at radius 2 is 2.05 bits per heavy atom. The molecule has 0 fully saturated rings. The van der Waals surface area contributed by atoms with Crippen LogP contribution < -0.4 is 5.32 Å². The molecule has 0 amide bonds. The van der Waals surface area contributed by atoms with Gasteiger partial charge in [0.25, 0.3) is 0 Å². The van der Waals surface area contributed by atoms with Gasteiger partial charge in [0.2, 0.25) is 0 Å². The Balaban J connectivity index is 2.07. The molecule has 1 aliphatic rings. The molecule has 0 saturated carbocycles. The zero-order chi connectivity index (χ0) is 15.3. The van der Waals surface area contributed by atoms with Gasteiger partial charge in [-0.2, -0.15) is 0 Å². The first-order valence-electron chi connectivity index (χ1n) is 7.27. The monoisotopic (exact) mass is 309 g/mol. The summed E-state index contributed by atoms with van der Waals surface area (Å²) in [6, 6.07) is 8.43. The van der Waals surface area contributed by atoms with Crippen LogP contribution in [0, 0.1) is 0 Å². The van der Waals surface area contributed by atoms with Gasteiger partial charge in [0, 0.05) is 25.9 Å². The Kier molecular flexibility index (Phi) is 5.22. The van der Waals surface area contributed by atoms with Crippen molar-refractivity contribution in [1.29, 1.82) is 0 Å². The fourth-order valence-electron chi connectivity index (χ4n) is 2.42. The van der Waals surface area contributed by atoms with Gasteiger partial charge in [-0.1, -0.05) is 24.3 Å². The van der Waals surface area contributed by atoms with Crippen LogP contribution in [0.4, 0.5) is 0 Å². The molecule has 0 bridgehead atoms. The van der Waals surface area contributed by atoms with Crippen molar-refractivity contribution >= 4 is 15.8 Å². The molecule has 0 saturated heterocycles. The van der Waals surface area contributed by atoms with Crippen molar-refractivity contribution in [3.63, 3.8) is 0 Å². The first kappa shape index (κ1) is 15.8. The van der Waals surface area contributed by atoms with Gasteiger partial charge >= 0.3 is 0 Å². The van der Waals surface area contributed by atoms with Crippen LogP contribution in [-0.4, -0.2) is 50.9 Å². The molecule has 0 aliphatic carbocycles. The van der Waals surface area contributed by atoms with Gasteiger partial charge in [0.1, 0.15) is 9.84 Å². The molecule has 0 aromatic heterocycles. The fourth-order valence-corrected chi connectivity index (χ4v) is 2.84. The lowest BCUT2D eigenvalue weighted by Gasteiger charge is -2.31. The minimum atomic E-state index is -2.97. The summed E-state index contributed by atoms with van der Waals surface area (Å²) < 4.78 is 22.4. The highest BCUT2D eigenvalue weighted by Crippen LogP contribution is 2.18. The first-order valence-corrected chi connectivity index (χ1v) is 9.33. The number of fused-ring (bicyclic) bond motifs is 1. The molecule has 0 atom stereocenters. The summed E-state index contributed by atoms with van der Waals surface area (Å²) >= 11 is 0. The number of nitrogens with one attached hydrogen (secondary N) is 1. The summed E-state index contributed by atoms with van der Waals surface area (Å²) in [4.78, 5) is 6.64. The van der Waals surface area contributed by atoms with Crippen molar-refractivity contribution in [2.24, 2.45) is 4.99 Å². The second-order valence-electron chi connectivity index (χ2n) is 5.31. The summed E-state index contributed by atoms with van der Waals surface area (Å²) in [5.41, 5.74) is 2.71. The van der Waals surface area contributed by atoms with E-state index < -0.39 is 9.84 Å². The number of aliphatic imine (C=N–C) groups is 1. The summed E-state index contributed by atoms with van der Waals surface area (Å²) in [7, 11) is -2.97. The Bertz CT molecular complexity index is 611. The van der Waals surface area contributed by atoms with Crippen molar-refractivity contribution in [3.8, 4) is 0 Å². The minimum absolute atomic E-state index is 0.0896. The summed E-state index contributed by atoms with van der Waals surface area (Å²) in [6.45, 7) is 4.82. The average Bonchev–Trinajstić information content (AvgIpc) is 2.44. The van der Waals surface area contributed by atoms with Crippen molar-refractivity contribution in [1.82, 2.24) is 10.2 Å². The molecule has 1 heterocycles. The Labute approximate surface area is 127 Å². The largest absolute Gasteiger partial charge is 0.357 e. The van der Waals surface area contributed by atoms with E-state index in [0.717, 1.165) is 32.0 Å². The SMILES string of the molecule is CCNC(=NCCS(C)(=O)=O)N1CCc2ccccc2C1. The quantitative estimate of drug-likeness (QED) is 0.667. The zero-order valence-electron chi connectivity index (χ0n) is 12.7. The topological polar surface area (TPSA) is 61.8 Å². The molecule has 0 unspecified atom stereocenters. The molecule has 6 heteroatoms. The molecule has 5 nitrogen and oxygen atoms in total. The Morgan fingerprint density at radius 3 is 2.71 bits per heavy atom. The molecule has 0 radical (unpaired) electrons. The molecule has 1 aromatic rings. The molecule has 116 valence electrons. The molecule has 2 rings (SSSR count). The third kappa shape index (κ3) is 4.74. The van der Waals surface area contributed by atoms with Crippen LogP contribution in [0.2, 0.25) is 0 Å². The van der Waals surface area contributed by atoms with E-state index in [4.69, 9.17) is 0 Å². The van der Waals surface area contributed by atoms with E-state index in [1.807, 2.05) is 6.92 Å². The predicted molar refractivity (Wildman–Crippen MR) is 86.2 cm³/mol. The number of hydrogen-bond donors (Lipinski definition) is 1. The lowest BCUT2D eigenvalue weighted by atomic mass is 10.0. The van der Waals surface area contributed by atoms with Gasteiger partial charge in [-0.3, -0.25) is 4.99 Å². The normalized spacial score (nSPS) is 15.7. The van der Waals surface area contributed by atoms with Crippen LogP contribution in [-0.2, 0) is 22.8 Å². The predicted octanol–water partition coefficient (Wildman–Crippen LogP) is 1.05. The number of hydrogen-bond acceptors (Lipinski definition) is 3. The van der Waals surface area contributed by atoms with Gasteiger partial charge in [0.15, 0.2) is 5.96 Å². The molecule has 0 spiro atoms. The summed E-state index contributed by atoms with van der Waals surface area (Å²) in [5.74, 6) is 0.891. The van der Waals surface area contributed by atoms with Gasteiger partial charge in [-0.25, -0.2) is 8.42 Å². The van der Waals surface area contributed by atoms with E-state index in [1.165, 1.54) is 17.4 Å². The fraction of sp³-hybridized carbons (Fsp3) is 0.533. The van der Waals surface area contributed by atoms with E-state index in [1.54, 1.807) is 0 Å². The van der Waals surface area contributed by atoms with Gasteiger partial charge in [0.05, 0.1) is 12.3 Å². The van der Waals surface area contributed by atoms with E-state index in [9.17, 15) is 8.42 Å². The lowest BCUT2D eigenvalue weighted by molar-refractivity contribution is 0.379. The van der Waals surface area contributed by atoms with Crippen LogP contribution in [0.15, 0.2) is 29.3 Å². The van der Waals surface area contributed by atoms with Gasteiger partial charge < -0.3 is 10.2 Å². The Hall–Kier alpha value is -1.56. The van der Waals surface area contributed by atoms with E-state index in [0.29, 0.717) is 6.54 Å². The molecule has 1 N–H and O–H groups in total. The van der Waals surface area contributed by atoms with Crippen LogP contribution in [0.5, 0.6) is 0 Å². The number of nitrogens with zero attached hydrogens (tertiary/aromatic N) is 2. The number of benzene rings is 1. The van der Waals surface area contributed by atoms with Crippen molar-refractivity contribution in [2.75, 3.05) is 31.6 Å². The third-order valence-corrected chi connectivity index (χ3v) is 4.41.